The van der Waals surface area contributed by atoms with Crippen LogP contribution in [0, 0.1) is 5.92 Å². The number of rotatable bonds is 6. The summed E-state index contributed by atoms with van der Waals surface area (Å²) in [5.41, 5.74) is 10.2. The maximum Gasteiger partial charge on any atom is 0.163 e. The van der Waals surface area contributed by atoms with Gasteiger partial charge in [0.2, 0.25) is 0 Å². The van der Waals surface area contributed by atoms with Crippen molar-refractivity contribution in [1.82, 2.24) is 4.98 Å². The van der Waals surface area contributed by atoms with Gasteiger partial charge in [0.25, 0.3) is 0 Å². The summed E-state index contributed by atoms with van der Waals surface area (Å²) in [6, 6.07) is 4.00. The first-order valence-electron chi connectivity index (χ1n) is 8.22. The predicted octanol–water partition coefficient (Wildman–Crippen LogP) is 2.75. The molecule has 1 aliphatic carbocycles. The van der Waals surface area contributed by atoms with Gasteiger partial charge in [0.05, 0.1) is 19.2 Å². The van der Waals surface area contributed by atoms with Crippen LogP contribution in [0.5, 0.6) is 11.5 Å². The summed E-state index contributed by atoms with van der Waals surface area (Å²) in [6.07, 6.45) is 2.93. The number of fused-ring (bicyclic) bond motifs is 2. The molecule has 1 aromatic heterocycles. The van der Waals surface area contributed by atoms with Gasteiger partial charge in [0, 0.05) is 29.9 Å². The highest BCUT2D eigenvalue weighted by Crippen LogP contribution is 2.40. The smallest absolute Gasteiger partial charge is 0.163 e. The molecule has 1 atom stereocenters. The van der Waals surface area contributed by atoms with Crippen LogP contribution in [0.2, 0.25) is 0 Å². The fourth-order valence-electron chi connectivity index (χ4n) is 3.32. The van der Waals surface area contributed by atoms with Crippen molar-refractivity contribution in [2.75, 3.05) is 32.6 Å². The fourth-order valence-corrected chi connectivity index (χ4v) is 3.32. The Kier molecular flexibility index (Phi) is 4.57. The minimum Gasteiger partial charge on any atom is -0.493 e. The van der Waals surface area contributed by atoms with E-state index in [1.807, 2.05) is 19.2 Å². The molecule has 1 aliphatic rings. The van der Waals surface area contributed by atoms with Crippen LogP contribution in [-0.4, -0.2) is 32.3 Å². The number of aromatic nitrogens is 1. The Hall–Kier alpha value is -2.01. The van der Waals surface area contributed by atoms with E-state index in [4.69, 9.17) is 20.2 Å². The minimum atomic E-state index is 0.583. The summed E-state index contributed by atoms with van der Waals surface area (Å²) >= 11 is 0. The molecule has 3 N–H and O–H groups in total. The summed E-state index contributed by atoms with van der Waals surface area (Å²) in [5.74, 6) is 2.11. The van der Waals surface area contributed by atoms with Gasteiger partial charge in [-0.3, -0.25) is 4.98 Å². The molecule has 0 bridgehead atoms. The van der Waals surface area contributed by atoms with Crippen LogP contribution in [0.1, 0.15) is 24.6 Å². The molecule has 124 valence electrons. The second kappa shape index (κ2) is 6.62. The van der Waals surface area contributed by atoms with Crippen molar-refractivity contribution in [3.05, 3.63) is 23.4 Å². The van der Waals surface area contributed by atoms with Crippen molar-refractivity contribution in [2.24, 2.45) is 11.7 Å². The summed E-state index contributed by atoms with van der Waals surface area (Å²) in [4.78, 5) is 4.88. The Labute approximate surface area is 137 Å². The molecule has 1 heterocycles. The zero-order valence-electron chi connectivity index (χ0n) is 14.1. The standard InChI is InChI=1S/C18H25N3O2/c1-11-7-12-14(8-11)21-15-10-17(23-6-4-5-19)16(22-3)9-13(15)18(12)20-2/h9-11H,4-8,19H2,1-3H3,(H,20,21). The van der Waals surface area contributed by atoms with Crippen LogP contribution >= 0.6 is 0 Å². The molecule has 0 amide bonds. The van der Waals surface area contributed by atoms with E-state index < -0.39 is 0 Å². The van der Waals surface area contributed by atoms with Crippen molar-refractivity contribution >= 4 is 16.6 Å². The number of nitrogens with zero attached hydrogens (tertiary/aromatic N) is 1. The highest BCUT2D eigenvalue weighted by molar-refractivity contribution is 5.95. The Balaban J connectivity index is 2.10. The molecule has 5 nitrogen and oxygen atoms in total. The van der Waals surface area contributed by atoms with Crippen molar-refractivity contribution < 1.29 is 9.47 Å². The molecule has 0 spiro atoms. The van der Waals surface area contributed by atoms with E-state index in [2.05, 4.69) is 12.2 Å². The van der Waals surface area contributed by atoms with Gasteiger partial charge in [-0.15, -0.1) is 0 Å². The number of nitrogens with two attached hydrogens (primary N) is 1. The number of nitrogens with one attached hydrogen (secondary N) is 1. The average Bonchev–Trinajstić information content (AvgIpc) is 2.91. The third kappa shape index (κ3) is 2.93. The van der Waals surface area contributed by atoms with Gasteiger partial charge in [-0.05, 0) is 43.4 Å². The first-order valence-corrected chi connectivity index (χ1v) is 8.22. The Morgan fingerprint density at radius 3 is 2.83 bits per heavy atom. The van der Waals surface area contributed by atoms with Crippen molar-refractivity contribution in [1.29, 1.82) is 0 Å². The molecule has 23 heavy (non-hydrogen) atoms. The minimum absolute atomic E-state index is 0.583. The average molecular weight is 315 g/mol. The number of pyridine rings is 1. The van der Waals surface area contributed by atoms with Crippen LogP contribution in [0.15, 0.2) is 12.1 Å². The van der Waals surface area contributed by atoms with Crippen LogP contribution in [0.25, 0.3) is 10.9 Å². The molecule has 1 unspecified atom stereocenters. The molecule has 2 aromatic rings. The normalized spacial score (nSPS) is 16.4. The third-order valence-electron chi connectivity index (χ3n) is 4.41. The van der Waals surface area contributed by atoms with Gasteiger partial charge in [0.1, 0.15) is 0 Å². The second-order valence-corrected chi connectivity index (χ2v) is 6.19. The van der Waals surface area contributed by atoms with Crippen LogP contribution in [0.3, 0.4) is 0 Å². The van der Waals surface area contributed by atoms with Crippen LogP contribution in [0.4, 0.5) is 5.69 Å². The van der Waals surface area contributed by atoms with E-state index >= 15 is 0 Å². The van der Waals surface area contributed by atoms with Gasteiger partial charge < -0.3 is 20.5 Å². The van der Waals surface area contributed by atoms with E-state index in [9.17, 15) is 0 Å². The van der Waals surface area contributed by atoms with Gasteiger partial charge in [-0.1, -0.05) is 6.92 Å². The highest BCUT2D eigenvalue weighted by atomic mass is 16.5. The molecular formula is C18H25N3O2. The number of methoxy groups -OCH3 is 1. The van der Waals surface area contributed by atoms with E-state index in [0.29, 0.717) is 19.1 Å². The molecule has 3 rings (SSSR count). The number of hydrogen-bond acceptors (Lipinski definition) is 5. The Morgan fingerprint density at radius 1 is 1.30 bits per heavy atom. The summed E-state index contributed by atoms with van der Waals surface area (Å²) in [5, 5.41) is 4.45. The second-order valence-electron chi connectivity index (χ2n) is 6.19. The monoisotopic (exact) mass is 315 g/mol. The third-order valence-corrected chi connectivity index (χ3v) is 4.41. The molecule has 0 radical (unpaired) electrons. The van der Waals surface area contributed by atoms with E-state index in [0.717, 1.165) is 41.7 Å². The summed E-state index contributed by atoms with van der Waals surface area (Å²) in [7, 11) is 3.63. The lowest BCUT2D eigenvalue weighted by Crippen LogP contribution is -2.07. The van der Waals surface area contributed by atoms with Crippen molar-refractivity contribution in [3.8, 4) is 11.5 Å². The lowest BCUT2D eigenvalue weighted by Gasteiger charge is -2.16. The Morgan fingerprint density at radius 2 is 2.13 bits per heavy atom. The van der Waals surface area contributed by atoms with E-state index in [1.165, 1.54) is 16.9 Å². The number of ether oxygens (including phenoxy) is 2. The van der Waals surface area contributed by atoms with Gasteiger partial charge >= 0.3 is 0 Å². The van der Waals surface area contributed by atoms with Crippen LogP contribution in [-0.2, 0) is 12.8 Å². The van der Waals surface area contributed by atoms with Crippen LogP contribution < -0.4 is 20.5 Å². The van der Waals surface area contributed by atoms with E-state index in [-0.39, 0.29) is 0 Å². The molecule has 5 heteroatoms. The largest absolute Gasteiger partial charge is 0.493 e. The molecule has 0 fully saturated rings. The quantitative estimate of drug-likeness (QED) is 0.802. The molecule has 0 saturated carbocycles. The highest BCUT2D eigenvalue weighted by Gasteiger charge is 2.24. The van der Waals surface area contributed by atoms with E-state index in [1.54, 1.807) is 7.11 Å². The van der Waals surface area contributed by atoms with Crippen molar-refractivity contribution in [2.45, 2.75) is 26.2 Å². The summed E-state index contributed by atoms with van der Waals surface area (Å²) < 4.78 is 11.3. The zero-order chi connectivity index (χ0) is 16.4. The SMILES string of the molecule is CNc1c2c(nc3cc(OCCCN)c(OC)cc13)CC(C)C2. The first kappa shape index (κ1) is 15.9. The first-order chi connectivity index (χ1) is 11.2. The molecular weight excluding hydrogens is 290 g/mol. The maximum atomic E-state index is 5.83. The molecule has 0 saturated heterocycles. The lowest BCUT2D eigenvalue weighted by molar-refractivity contribution is 0.292. The van der Waals surface area contributed by atoms with Gasteiger partial charge in [0.15, 0.2) is 11.5 Å². The Bertz CT molecular complexity index is 715. The number of hydrogen-bond donors (Lipinski definition) is 2. The van der Waals surface area contributed by atoms with Crippen molar-refractivity contribution in [3.63, 3.8) is 0 Å². The maximum absolute atomic E-state index is 5.83. The topological polar surface area (TPSA) is 69.4 Å². The fraction of sp³-hybridized carbons (Fsp3) is 0.500. The number of anilines is 1. The lowest BCUT2D eigenvalue weighted by atomic mass is 10.1. The molecule has 1 aromatic carbocycles. The summed E-state index contributed by atoms with van der Waals surface area (Å²) in [6.45, 7) is 3.47. The zero-order valence-corrected chi connectivity index (χ0v) is 14.1. The van der Waals surface area contributed by atoms with Gasteiger partial charge in [-0.2, -0.15) is 0 Å². The number of benzene rings is 1. The molecule has 0 aliphatic heterocycles. The van der Waals surface area contributed by atoms with Gasteiger partial charge in [-0.25, -0.2) is 0 Å². The predicted molar refractivity (Wildman–Crippen MR) is 93.6 cm³/mol.